The second-order valence-electron chi connectivity index (χ2n) is 5.80. The van der Waals surface area contributed by atoms with Crippen molar-refractivity contribution in [1.82, 2.24) is 14.7 Å². The van der Waals surface area contributed by atoms with Crippen LogP contribution in [0.15, 0.2) is 18.2 Å². The van der Waals surface area contributed by atoms with Gasteiger partial charge in [0.25, 0.3) is 12.3 Å². The molecule has 1 aromatic heterocycles. The summed E-state index contributed by atoms with van der Waals surface area (Å²) in [6.45, 7) is 1.03. The highest BCUT2D eigenvalue weighted by atomic mass is 35.5. The number of carbonyl (C=O) groups is 1. The van der Waals surface area contributed by atoms with Crippen LogP contribution in [-0.2, 0) is 13.0 Å². The molecule has 2 aromatic rings. The molecule has 1 aliphatic rings. The van der Waals surface area contributed by atoms with Crippen LogP contribution in [0.5, 0.6) is 0 Å². The van der Waals surface area contributed by atoms with Crippen molar-refractivity contribution in [2.75, 3.05) is 6.54 Å². The first-order valence-electron chi connectivity index (χ1n) is 7.58. The van der Waals surface area contributed by atoms with Crippen LogP contribution in [-0.4, -0.2) is 39.6 Å². The Morgan fingerprint density at radius 3 is 2.52 bits per heavy atom. The SMILES string of the molecule is C[C@@H](C(F)F)N1CCc2c(nn(Cc3c(F)cccc3F)c2Cl)C1=O. The Morgan fingerprint density at radius 1 is 1.28 bits per heavy atom. The van der Waals surface area contributed by atoms with Gasteiger partial charge in [-0.3, -0.25) is 4.79 Å². The van der Waals surface area contributed by atoms with Crippen LogP contribution < -0.4 is 0 Å². The lowest BCUT2D eigenvalue weighted by Gasteiger charge is -2.31. The first kappa shape index (κ1) is 17.7. The van der Waals surface area contributed by atoms with E-state index < -0.39 is 30.0 Å². The van der Waals surface area contributed by atoms with E-state index in [1.165, 1.54) is 13.0 Å². The standard InChI is InChI=1S/C16H14ClF4N3O/c1-8(15(20)21)23-6-5-9-13(16(23)25)22-24(14(9)17)7-10-11(18)3-2-4-12(10)19/h2-4,8,15H,5-7H2,1H3/t8-/m0/s1. The molecule has 1 aliphatic heterocycles. The second kappa shape index (κ2) is 6.67. The highest BCUT2D eigenvalue weighted by Crippen LogP contribution is 2.29. The van der Waals surface area contributed by atoms with Gasteiger partial charge in [0.15, 0.2) is 5.69 Å². The van der Waals surface area contributed by atoms with Crippen molar-refractivity contribution in [2.45, 2.75) is 32.4 Å². The quantitative estimate of drug-likeness (QED) is 0.767. The van der Waals surface area contributed by atoms with Gasteiger partial charge in [-0.15, -0.1) is 0 Å². The number of hydrogen-bond acceptors (Lipinski definition) is 2. The Morgan fingerprint density at radius 2 is 1.92 bits per heavy atom. The minimum absolute atomic E-state index is 0.0551. The predicted octanol–water partition coefficient (Wildman–Crippen LogP) is 3.51. The summed E-state index contributed by atoms with van der Waals surface area (Å²) >= 11 is 6.19. The molecular weight excluding hydrogens is 362 g/mol. The number of halogens is 5. The number of fused-ring (bicyclic) bond motifs is 1. The zero-order valence-electron chi connectivity index (χ0n) is 13.1. The molecule has 0 N–H and O–H groups in total. The van der Waals surface area contributed by atoms with E-state index in [9.17, 15) is 22.4 Å². The van der Waals surface area contributed by atoms with Crippen molar-refractivity contribution >= 4 is 17.5 Å². The highest BCUT2D eigenvalue weighted by Gasteiger charge is 2.36. The molecule has 0 radical (unpaired) electrons. The van der Waals surface area contributed by atoms with Crippen molar-refractivity contribution in [2.24, 2.45) is 0 Å². The van der Waals surface area contributed by atoms with Gasteiger partial charge in [-0.2, -0.15) is 5.10 Å². The minimum atomic E-state index is -2.68. The molecule has 134 valence electrons. The van der Waals surface area contributed by atoms with Crippen LogP contribution in [0.1, 0.15) is 28.5 Å². The van der Waals surface area contributed by atoms with Gasteiger partial charge < -0.3 is 4.90 Å². The van der Waals surface area contributed by atoms with E-state index in [2.05, 4.69) is 5.10 Å². The summed E-state index contributed by atoms with van der Waals surface area (Å²) in [6, 6.07) is 2.19. The summed E-state index contributed by atoms with van der Waals surface area (Å²) in [5.41, 5.74) is 0.108. The number of rotatable bonds is 4. The molecule has 0 saturated heterocycles. The maximum Gasteiger partial charge on any atom is 0.275 e. The third-order valence-electron chi connectivity index (χ3n) is 4.27. The Balaban J connectivity index is 1.94. The number of carbonyl (C=O) groups excluding carboxylic acids is 1. The normalized spacial score (nSPS) is 15.6. The van der Waals surface area contributed by atoms with Crippen molar-refractivity contribution in [1.29, 1.82) is 0 Å². The van der Waals surface area contributed by atoms with E-state index in [0.717, 1.165) is 21.7 Å². The highest BCUT2D eigenvalue weighted by molar-refractivity contribution is 6.31. The zero-order chi connectivity index (χ0) is 18.3. The van der Waals surface area contributed by atoms with Gasteiger partial charge in [0, 0.05) is 17.7 Å². The maximum absolute atomic E-state index is 13.8. The maximum atomic E-state index is 13.8. The van der Waals surface area contributed by atoms with E-state index in [1.807, 2.05) is 0 Å². The number of benzene rings is 1. The van der Waals surface area contributed by atoms with Crippen LogP contribution in [0.4, 0.5) is 17.6 Å². The average Bonchev–Trinajstić information content (AvgIpc) is 2.88. The van der Waals surface area contributed by atoms with Crippen molar-refractivity contribution in [3.63, 3.8) is 0 Å². The van der Waals surface area contributed by atoms with E-state index in [0.29, 0.717) is 5.56 Å². The molecule has 1 aromatic carbocycles. The van der Waals surface area contributed by atoms with E-state index >= 15 is 0 Å². The molecule has 0 bridgehead atoms. The summed E-state index contributed by atoms with van der Waals surface area (Å²) in [5.74, 6) is -2.18. The molecule has 0 fully saturated rings. The van der Waals surface area contributed by atoms with Gasteiger partial charge in [-0.05, 0) is 25.5 Å². The monoisotopic (exact) mass is 375 g/mol. The molecule has 2 heterocycles. The number of hydrogen-bond donors (Lipinski definition) is 0. The Bertz CT molecular complexity index is 804. The van der Waals surface area contributed by atoms with Crippen LogP contribution >= 0.6 is 11.6 Å². The molecule has 9 heteroatoms. The van der Waals surface area contributed by atoms with Gasteiger partial charge >= 0.3 is 0 Å². The van der Waals surface area contributed by atoms with Gasteiger partial charge in [-0.1, -0.05) is 17.7 Å². The van der Waals surface area contributed by atoms with Gasteiger partial charge in [0.2, 0.25) is 0 Å². The molecule has 0 aliphatic carbocycles. The molecule has 3 rings (SSSR count). The van der Waals surface area contributed by atoms with Gasteiger partial charge in [0.05, 0.1) is 12.6 Å². The number of aromatic nitrogens is 2. The molecule has 0 spiro atoms. The minimum Gasteiger partial charge on any atom is -0.328 e. The first-order valence-corrected chi connectivity index (χ1v) is 7.96. The number of alkyl halides is 2. The topological polar surface area (TPSA) is 38.1 Å². The third-order valence-corrected chi connectivity index (χ3v) is 4.70. The van der Waals surface area contributed by atoms with Crippen molar-refractivity contribution < 1.29 is 22.4 Å². The number of nitrogens with zero attached hydrogens (tertiary/aromatic N) is 3. The Labute approximate surface area is 146 Å². The lowest BCUT2D eigenvalue weighted by Crippen LogP contribution is -2.46. The van der Waals surface area contributed by atoms with Crippen LogP contribution in [0.3, 0.4) is 0 Å². The fourth-order valence-electron chi connectivity index (χ4n) is 2.80. The zero-order valence-corrected chi connectivity index (χ0v) is 13.9. The number of amides is 1. The lowest BCUT2D eigenvalue weighted by molar-refractivity contribution is 0.0254. The molecule has 1 atom stereocenters. The van der Waals surface area contributed by atoms with Crippen molar-refractivity contribution in [3.8, 4) is 0 Å². The molecule has 0 unspecified atom stereocenters. The van der Waals surface area contributed by atoms with Crippen LogP contribution in [0.2, 0.25) is 5.15 Å². The predicted molar refractivity (Wildman–Crippen MR) is 82.9 cm³/mol. The molecule has 1 amide bonds. The molecule has 0 saturated carbocycles. The molecule has 25 heavy (non-hydrogen) atoms. The van der Waals surface area contributed by atoms with Crippen LogP contribution in [0, 0.1) is 11.6 Å². The fourth-order valence-corrected chi connectivity index (χ4v) is 3.09. The average molecular weight is 376 g/mol. The fraction of sp³-hybridized carbons (Fsp3) is 0.375. The largest absolute Gasteiger partial charge is 0.328 e. The summed E-state index contributed by atoms with van der Waals surface area (Å²) < 4.78 is 54.5. The van der Waals surface area contributed by atoms with Crippen molar-refractivity contribution in [3.05, 3.63) is 51.8 Å². The smallest absolute Gasteiger partial charge is 0.275 e. The van der Waals surface area contributed by atoms with Crippen LogP contribution in [0.25, 0.3) is 0 Å². The Kier molecular flexibility index (Phi) is 4.73. The van der Waals surface area contributed by atoms with E-state index in [4.69, 9.17) is 11.6 Å². The third kappa shape index (κ3) is 3.10. The Hall–Kier alpha value is -2.09. The lowest BCUT2D eigenvalue weighted by atomic mass is 10.1. The van der Waals surface area contributed by atoms with E-state index in [-0.39, 0.29) is 35.9 Å². The second-order valence-corrected chi connectivity index (χ2v) is 6.16. The summed E-state index contributed by atoms with van der Waals surface area (Å²) in [4.78, 5) is 13.5. The summed E-state index contributed by atoms with van der Waals surface area (Å²) in [5, 5.41) is 4.10. The van der Waals surface area contributed by atoms with Gasteiger partial charge in [0.1, 0.15) is 16.8 Å². The molecular formula is C16H14ClF4N3O. The first-order chi connectivity index (χ1) is 11.8. The summed E-state index contributed by atoms with van der Waals surface area (Å²) in [7, 11) is 0. The van der Waals surface area contributed by atoms with Gasteiger partial charge in [-0.25, -0.2) is 22.2 Å². The summed E-state index contributed by atoms with van der Waals surface area (Å²) in [6.07, 6.45) is -2.44. The van der Waals surface area contributed by atoms with E-state index in [1.54, 1.807) is 0 Å². The molecule has 4 nitrogen and oxygen atoms in total.